The number of nitriles is 1. The van der Waals surface area contributed by atoms with E-state index >= 15 is 0 Å². The van der Waals surface area contributed by atoms with Gasteiger partial charge >= 0.3 is 7.82 Å². The highest BCUT2D eigenvalue weighted by atomic mass is 31.2. The molecule has 1 unspecified atom stereocenters. The number of hydrogen-bond acceptors (Lipinski definition) is 8. The lowest BCUT2D eigenvalue weighted by Gasteiger charge is -2.23. The molecule has 0 aromatic carbocycles. The van der Waals surface area contributed by atoms with Gasteiger partial charge in [-0.2, -0.15) is 10.4 Å². The summed E-state index contributed by atoms with van der Waals surface area (Å²) in [6.45, 7) is 2.07. The molecular weight excluding hydrogens is 589 g/mol. The van der Waals surface area contributed by atoms with Crippen molar-refractivity contribution in [2.45, 2.75) is 160 Å². The Hall–Kier alpha value is -2.02. The third-order valence-corrected chi connectivity index (χ3v) is 9.90. The maximum absolute atomic E-state index is 12.5. The summed E-state index contributed by atoms with van der Waals surface area (Å²) in [5.74, 6) is 0.350. The molecule has 0 saturated carbocycles. The number of nitrogens with zero attached hydrogens (tertiary/aromatic N) is 4. The minimum Gasteiger partial charge on any atom is -0.382 e. The molecule has 3 rings (SSSR count). The van der Waals surface area contributed by atoms with E-state index in [1.54, 1.807) is 10.6 Å². The molecule has 3 N–H and O–H groups in total. The molecule has 0 amide bonds. The van der Waals surface area contributed by atoms with Crippen molar-refractivity contribution in [1.82, 2.24) is 14.6 Å². The number of rotatable bonds is 26. The molecule has 1 aliphatic rings. The quantitative estimate of drug-likeness (QED) is 0.0753. The van der Waals surface area contributed by atoms with Gasteiger partial charge in [-0.25, -0.2) is 14.1 Å². The van der Waals surface area contributed by atoms with Crippen LogP contribution >= 0.6 is 7.82 Å². The average Bonchev–Trinajstić information content (AvgIpc) is 3.67. The molecule has 0 spiro atoms. The zero-order chi connectivity index (χ0) is 32.2. The Balaban J connectivity index is 1.14. The van der Waals surface area contributed by atoms with Crippen LogP contribution in [-0.4, -0.2) is 38.3 Å². The van der Waals surface area contributed by atoms with E-state index in [-0.39, 0.29) is 13.2 Å². The standard InChI is InChI=1S/C34H58N5O5P/c1-2-3-4-5-6-7-8-9-10-11-12-13-14-15-16-17-18-19-20-21-26-42-45(40,41)43-28-34(27-35)25-24-32(44-34)30-22-23-31-33(36)37-29-38-39(30)31/h22-23,29,32H,2-21,24-26,28H2,1H3,(H,40,41)(H2,36,37,38)/t32-,34-/m1/s1. The number of unbranched alkanes of at least 4 members (excludes halogenated alkanes) is 19. The van der Waals surface area contributed by atoms with Crippen molar-refractivity contribution < 1.29 is 23.2 Å². The number of nitrogens with two attached hydrogens (primary N) is 1. The van der Waals surface area contributed by atoms with Gasteiger partial charge in [-0.05, 0) is 31.4 Å². The first-order chi connectivity index (χ1) is 21.9. The molecule has 3 heterocycles. The van der Waals surface area contributed by atoms with Gasteiger partial charge in [0.25, 0.3) is 0 Å². The average molecular weight is 648 g/mol. The number of phosphoric acid groups is 1. The Morgan fingerprint density at radius 2 is 1.47 bits per heavy atom. The van der Waals surface area contributed by atoms with Crippen molar-refractivity contribution in [2.75, 3.05) is 18.9 Å². The Labute approximate surface area is 271 Å². The van der Waals surface area contributed by atoms with Gasteiger partial charge < -0.3 is 15.4 Å². The topological polar surface area (TPSA) is 145 Å². The van der Waals surface area contributed by atoms with Crippen LogP contribution in [0.15, 0.2) is 18.5 Å². The summed E-state index contributed by atoms with van der Waals surface area (Å²) in [7, 11) is -4.29. The number of hydrogen-bond donors (Lipinski definition) is 2. The number of nitrogen functional groups attached to an aromatic ring is 1. The van der Waals surface area contributed by atoms with Gasteiger partial charge in [0, 0.05) is 0 Å². The van der Waals surface area contributed by atoms with Crippen LogP contribution in [0.1, 0.15) is 160 Å². The van der Waals surface area contributed by atoms with Gasteiger partial charge in [-0.3, -0.25) is 9.05 Å². The van der Waals surface area contributed by atoms with Crippen LogP contribution in [0.5, 0.6) is 0 Å². The SMILES string of the molecule is CCCCCCCCCCCCCCCCCCCCCCOP(=O)(O)OC[C@]1(C#N)CC[C@H](c2ccc3c(N)ncnn23)O1. The van der Waals surface area contributed by atoms with Crippen LogP contribution in [0, 0.1) is 11.3 Å². The minimum absolute atomic E-state index is 0.146. The fraction of sp³-hybridized carbons (Fsp3) is 0.794. The molecular formula is C34H58N5O5P. The first kappa shape index (κ1) is 37.4. The highest BCUT2D eigenvalue weighted by molar-refractivity contribution is 7.47. The molecule has 45 heavy (non-hydrogen) atoms. The van der Waals surface area contributed by atoms with E-state index in [1.807, 2.05) is 6.07 Å². The molecule has 1 fully saturated rings. The fourth-order valence-corrected chi connectivity index (χ4v) is 6.97. The maximum atomic E-state index is 12.5. The van der Waals surface area contributed by atoms with Gasteiger partial charge in [0.05, 0.1) is 12.3 Å². The summed E-state index contributed by atoms with van der Waals surface area (Å²) < 4.78 is 30.5. The molecule has 2 aromatic heterocycles. The Morgan fingerprint density at radius 1 is 0.933 bits per heavy atom. The molecule has 2 aromatic rings. The third kappa shape index (κ3) is 13.7. The molecule has 0 bridgehead atoms. The number of aromatic nitrogens is 3. The van der Waals surface area contributed by atoms with Crippen LogP contribution in [0.2, 0.25) is 0 Å². The van der Waals surface area contributed by atoms with Gasteiger partial charge in [0.2, 0.25) is 0 Å². The summed E-state index contributed by atoms with van der Waals surface area (Å²) in [5, 5.41) is 14.1. The third-order valence-electron chi connectivity index (χ3n) is 8.94. The molecule has 1 saturated heterocycles. The second-order valence-corrected chi connectivity index (χ2v) is 14.2. The fourth-order valence-electron chi connectivity index (χ4n) is 6.16. The molecule has 0 aliphatic carbocycles. The number of anilines is 1. The van der Waals surface area contributed by atoms with Gasteiger partial charge in [-0.15, -0.1) is 0 Å². The van der Waals surface area contributed by atoms with E-state index in [9.17, 15) is 14.7 Å². The van der Waals surface area contributed by atoms with E-state index in [1.165, 1.54) is 115 Å². The molecule has 10 nitrogen and oxygen atoms in total. The monoisotopic (exact) mass is 647 g/mol. The van der Waals surface area contributed by atoms with Crippen molar-refractivity contribution in [2.24, 2.45) is 0 Å². The highest BCUT2D eigenvalue weighted by Gasteiger charge is 2.44. The predicted octanol–water partition coefficient (Wildman–Crippen LogP) is 9.38. The smallest absolute Gasteiger partial charge is 0.382 e. The largest absolute Gasteiger partial charge is 0.472 e. The number of ether oxygens (including phenoxy) is 1. The summed E-state index contributed by atoms with van der Waals surface area (Å²) in [4.78, 5) is 14.2. The van der Waals surface area contributed by atoms with Crippen LogP contribution in [0.3, 0.4) is 0 Å². The Bertz CT molecular complexity index is 1190. The summed E-state index contributed by atoms with van der Waals surface area (Å²) in [6.07, 6.45) is 27.8. The Morgan fingerprint density at radius 3 is 2.00 bits per heavy atom. The lowest BCUT2D eigenvalue weighted by atomic mass is 10.0. The second-order valence-electron chi connectivity index (χ2n) is 12.7. The van der Waals surface area contributed by atoms with Gasteiger partial charge in [0.15, 0.2) is 11.4 Å². The molecule has 11 heteroatoms. The van der Waals surface area contributed by atoms with Gasteiger partial charge in [0.1, 0.15) is 30.6 Å². The molecule has 254 valence electrons. The second kappa shape index (κ2) is 21.0. The number of phosphoric ester groups is 1. The zero-order valence-corrected chi connectivity index (χ0v) is 28.6. The van der Waals surface area contributed by atoms with E-state index in [4.69, 9.17) is 19.5 Å². The normalized spacial score (nSPS) is 19.6. The number of fused-ring (bicyclic) bond motifs is 1. The van der Waals surface area contributed by atoms with Crippen LogP contribution in [0.25, 0.3) is 5.52 Å². The molecule has 3 atom stereocenters. The van der Waals surface area contributed by atoms with Crippen molar-refractivity contribution in [3.63, 3.8) is 0 Å². The summed E-state index contributed by atoms with van der Waals surface area (Å²) in [5.41, 5.74) is 5.96. The Kier molecular flexibility index (Phi) is 17.4. The van der Waals surface area contributed by atoms with E-state index in [0.717, 1.165) is 18.5 Å². The zero-order valence-electron chi connectivity index (χ0n) is 27.7. The lowest BCUT2D eigenvalue weighted by molar-refractivity contribution is -0.0397. The molecule has 0 radical (unpaired) electrons. The minimum atomic E-state index is -4.29. The van der Waals surface area contributed by atoms with Crippen molar-refractivity contribution in [3.8, 4) is 6.07 Å². The maximum Gasteiger partial charge on any atom is 0.472 e. The van der Waals surface area contributed by atoms with Crippen molar-refractivity contribution in [3.05, 3.63) is 24.2 Å². The van der Waals surface area contributed by atoms with Crippen LogP contribution in [0.4, 0.5) is 5.82 Å². The van der Waals surface area contributed by atoms with E-state index in [0.29, 0.717) is 30.6 Å². The van der Waals surface area contributed by atoms with Gasteiger partial charge in [-0.1, -0.05) is 129 Å². The summed E-state index contributed by atoms with van der Waals surface area (Å²) in [6, 6.07) is 5.76. The summed E-state index contributed by atoms with van der Waals surface area (Å²) >= 11 is 0. The van der Waals surface area contributed by atoms with Crippen LogP contribution in [-0.2, 0) is 18.3 Å². The van der Waals surface area contributed by atoms with Crippen LogP contribution < -0.4 is 5.73 Å². The van der Waals surface area contributed by atoms with E-state index < -0.39 is 19.5 Å². The molecule has 1 aliphatic heterocycles. The predicted molar refractivity (Wildman–Crippen MR) is 179 cm³/mol. The first-order valence-electron chi connectivity index (χ1n) is 17.7. The van der Waals surface area contributed by atoms with Crippen molar-refractivity contribution >= 4 is 19.2 Å². The first-order valence-corrected chi connectivity index (χ1v) is 19.2. The lowest BCUT2D eigenvalue weighted by Crippen LogP contribution is -2.32. The van der Waals surface area contributed by atoms with E-state index in [2.05, 4.69) is 23.1 Å². The van der Waals surface area contributed by atoms with Crippen molar-refractivity contribution in [1.29, 1.82) is 5.26 Å². The highest BCUT2D eigenvalue weighted by Crippen LogP contribution is 2.47.